The van der Waals surface area contributed by atoms with Gasteiger partial charge in [-0.05, 0) is 121 Å². The van der Waals surface area contributed by atoms with Crippen LogP contribution in [0.3, 0.4) is 0 Å². The SMILES string of the molecule is CNC(=O)NCCCn1c(-c2ccc(OC(F)(F)F)cc2)csc1=NC(=O)c1ccc(OC)cc1OC.COc1ccc(NC(=O)NCCCn2c(-c3ccc(OC(F)(F)F)cc3)csc2=NC(=O)c2ccc(OC)cc2OC)cc1. The fourth-order valence-electron chi connectivity index (χ4n) is 7.45. The molecule has 4 N–H and O–H groups in total. The molecule has 7 rings (SSSR count). The summed E-state index contributed by atoms with van der Waals surface area (Å²) in [5, 5.41) is 14.2. The molecule has 19 nitrogen and oxygen atoms in total. The molecule has 0 radical (unpaired) electrons. The lowest BCUT2D eigenvalue weighted by Gasteiger charge is -2.12. The summed E-state index contributed by atoms with van der Waals surface area (Å²) < 4.78 is 113. The van der Waals surface area contributed by atoms with Crippen LogP contribution in [0.1, 0.15) is 33.6 Å². The number of methoxy groups -OCH3 is 5. The molecule has 0 fully saturated rings. The monoisotopic (exact) mass is 1170 g/mol. The Kier molecular flexibility index (Phi) is 21.7. The van der Waals surface area contributed by atoms with Crippen LogP contribution in [0.2, 0.25) is 0 Å². The van der Waals surface area contributed by atoms with E-state index in [-0.39, 0.29) is 41.0 Å². The molecule has 5 aromatic carbocycles. The number of anilines is 1. The molecule has 2 aromatic heterocycles. The molecule has 0 saturated heterocycles. The van der Waals surface area contributed by atoms with E-state index in [0.717, 1.165) is 0 Å². The van der Waals surface area contributed by atoms with E-state index >= 15 is 0 Å². The lowest BCUT2D eigenvalue weighted by atomic mass is 10.1. The van der Waals surface area contributed by atoms with Gasteiger partial charge in [-0.3, -0.25) is 9.59 Å². The fraction of sp³-hybridized carbons (Fsp3) is 0.259. The summed E-state index contributed by atoms with van der Waals surface area (Å²) in [6, 6.07) is 26.4. The number of ether oxygens (including phenoxy) is 7. The van der Waals surface area contributed by atoms with Crippen molar-refractivity contribution >= 4 is 52.2 Å². The Bertz CT molecular complexity index is 3400. The van der Waals surface area contributed by atoms with Gasteiger partial charge in [-0.15, -0.1) is 49.0 Å². The normalized spacial score (nSPS) is 11.6. The van der Waals surface area contributed by atoms with Crippen molar-refractivity contribution in [1.82, 2.24) is 25.1 Å². The van der Waals surface area contributed by atoms with Crippen LogP contribution in [0.25, 0.3) is 22.5 Å². The van der Waals surface area contributed by atoms with Gasteiger partial charge in [0.05, 0.1) is 58.1 Å². The maximum Gasteiger partial charge on any atom is 0.573 e. The first kappa shape index (κ1) is 61.2. The van der Waals surface area contributed by atoms with E-state index in [1.807, 2.05) is 0 Å². The average molecular weight is 1170 g/mol. The lowest BCUT2D eigenvalue weighted by molar-refractivity contribution is -0.275. The molecule has 0 aliphatic rings. The highest BCUT2D eigenvalue weighted by molar-refractivity contribution is 7.07. The van der Waals surface area contributed by atoms with E-state index < -0.39 is 30.6 Å². The van der Waals surface area contributed by atoms with E-state index in [4.69, 9.17) is 23.7 Å². The summed E-state index contributed by atoms with van der Waals surface area (Å²) in [6.45, 7) is 1.33. The highest BCUT2D eigenvalue weighted by Gasteiger charge is 2.32. The summed E-state index contributed by atoms with van der Waals surface area (Å²) >= 11 is 2.38. The zero-order valence-electron chi connectivity index (χ0n) is 44.2. The number of aromatic nitrogens is 2. The fourth-order valence-corrected chi connectivity index (χ4v) is 9.31. The lowest BCUT2D eigenvalue weighted by Crippen LogP contribution is -2.34. The molecule has 0 aliphatic heterocycles. The first-order valence-electron chi connectivity index (χ1n) is 24.1. The second-order valence-corrected chi connectivity index (χ2v) is 18.2. The van der Waals surface area contributed by atoms with Crippen LogP contribution in [-0.2, 0) is 13.1 Å². The van der Waals surface area contributed by atoms with Crippen molar-refractivity contribution in [2.75, 3.05) is 61.0 Å². The number of nitrogens with zero attached hydrogens (tertiary/aromatic N) is 4. The molecule has 0 atom stereocenters. The molecule has 81 heavy (non-hydrogen) atoms. The van der Waals surface area contributed by atoms with Crippen LogP contribution in [0.15, 0.2) is 130 Å². The van der Waals surface area contributed by atoms with Crippen LogP contribution in [0.5, 0.6) is 40.2 Å². The summed E-state index contributed by atoms with van der Waals surface area (Å²) in [5.74, 6) is 0.460. The van der Waals surface area contributed by atoms with E-state index in [1.165, 1.54) is 107 Å². The Morgan fingerprint density at radius 1 is 0.506 bits per heavy atom. The van der Waals surface area contributed by atoms with Crippen molar-refractivity contribution in [3.05, 3.63) is 141 Å². The quantitative estimate of drug-likeness (QED) is 0.0416. The first-order valence-corrected chi connectivity index (χ1v) is 25.9. The molecule has 2 heterocycles. The van der Waals surface area contributed by atoms with E-state index in [1.54, 1.807) is 87.7 Å². The Morgan fingerprint density at radius 2 is 0.889 bits per heavy atom. The van der Waals surface area contributed by atoms with Crippen LogP contribution < -0.4 is 64.0 Å². The van der Waals surface area contributed by atoms with Crippen molar-refractivity contribution in [2.45, 2.75) is 38.7 Å². The molecule has 0 saturated carbocycles. The first-order chi connectivity index (χ1) is 38.7. The summed E-state index contributed by atoms with van der Waals surface area (Å²) in [7, 11) is 8.91. The molecule has 0 bridgehead atoms. The van der Waals surface area contributed by atoms with Crippen molar-refractivity contribution in [1.29, 1.82) is 0 Å². The van der Waals surface area contributed by atoms with Crippen LogP contribution in [0, 0.1) is 0 Å². The number of hydrogen-bond acceptors (Lipinski definition) is 13. The van der Waals surface area contributed by atoms with Crippen LogP contribution in [-0.4, -0.2) is 101 Å². The summed E-state index contributed by atoms with van der Waals surface area (Å²) in [6.07, 6.45) is -8.66. The third-order valence-electron chi connectivity index (χ3n) is 11.3. The Balaban J connectivity index is 0.000000265. The highest BCUT2D eigenvalue weighted by atomic mass is 32.1. The zero-order valence-corrected chi connectivity index (χ0v) is 45.8. The maximum atomic E-state index is 13.2. The molecular formula is C54H54F6N8O11S2. The molecule has 430 valence electrons. The van der Waals surface area contributed by atoms with Gasteiger partial charge in [0.25, 0.3) is 11.8 Å². The topological polar surface area (TPSA) is 216 Å². The largest absolute Gasteiger partial charge is 0.573 e. The van der Waals surface area contributed by atoms with Gasteiger partial charge in [-0.25, -0.2) is 9.59 Å². The van der Waals surface area contributed by atoms with Gasteiger partial charge in [-0.1, -0.05) is 0 Å². The van der Waals surface area contributed by atoms with Crippen molar-refractivity contribution < 1.29 is 78.7 Å². The molecule has 6 amide bonds. The van der Waals surface area contributed by atoms with Gasteiger partial charge in [0.2, 0.25) is 0 Å². The molecular weight excluding hydrogens is 1110 g/mol. The number of alkyl halides is 6. The second kappa shape index (κ2) is 28.8. The Labute approximate surface area is 467 Å². The third-order valence-corrected chi connectivity index (χ3v) is 13.0. The van der Waals surface area contributed by atoms with Gasteiger partial charge in [0.1, 0.15) is 40.2 Å². The Hall–Kier alpha value is -8.98. The highest BCUT2D eigenvalue weighted by Crippen LogP contribution is 2.31. The number of rotatable bonds is 20. The van der Waals surface area contributed by atoms with Gasteiger partial charge >= 0.3 is 24.8 Å². The third kappa shape index (κ3) is 18.0. The number of carbonyl (C=O) groups excluding carboxylic acids is 4. The minimum Gasteiger partial charge on any atom is -0.497 e. The molecule has 27 heteroatoms. The van der Waals surface area contributed by atoms with Crippen LogP contribution >= 0.6 is 22.7 Å². The molecule has 7 aromatic rings. The number of halogens is 6. The Morgan fingerprint density at radius 3 is 1.26 bits per heavy atom. The molecule has 0 aliphatic carbocycles. The van der Waals surface area contributed by atoms with Crippen molar-refractivity contribution in [3.8, 4) is 62.8 Å². The minimum absolute atomic E-state index is 0.223. The number of thiazole rings is 2. The number of nitrogens with one attached hydrogen (secondary N) is 4. The number of hydrogen-bond donors (Lipinski definition) is 4. The van der Waals surface area contributed by atoms with Crippen molar-refractivity contribution in [3.63, 3.8) is 0 Å². The second-order valence-electron chi connectivity index (χ2n) is 16.5. The van der Waals surface area contributed by atoms with E-state index in [9.17, 15) is 45.5 Å². The van der Waals surface area contributed by atoms with Crippen molar-refractivity contribution in [2.24, 2.45) is 9.98 Å². The summed E-state index contributed by atoms with van der Waals surface area (Å²) in [5.41, 5.74) is 3.48. The molecule has 0 unspecified atom stereocenters. The van der Waals surface area contributed by atoms with Gasteiger partial charge in [-0.2, -0.15) is 9.98 Å². The van der Waals surface area contributed by atoms with E-state index in [2.05, 4.69) is 40.7 Å². The number of amides is 6. The maximum absolute atomic E-state index is 13.2. The zero-order chi connectivity index (χ0) is 58.7. The predicted octanol–water partition coefficient (Wildman–Crippen LogP) is 10.3. The van der Waals surface area contributed by atoms with E-state index in [0.29, 0.717) is 93.3 Å². The average Bonchev–Trinajstić information content (AvgIpc) is 4.24. The van der Waals surface area contributed by atoms with Gasteiger partial charge in [0.15, 0.2) is 9.60 Å². The summed E-state index contributed by atoms with van der Waals surface area (Å²) in [4.78, 5) is 59.4. The van der Waals surface area contributed by atoms with Gasteiger partial charge in [0, 0.05) is 61.8 Å². The number of carbonyl (C=O) groups is 4. The van der Waals surface area contributed by atoms with Gasteiger partial charge < -0.3 is 63.6 Å². The number of urea groups is 2. The standard InChI is InChI=1S/C30H29F3N4O6S.C24H25F3N4O5S/c1-40-21-11-7-20(8-12-21)35-28(39)34-15-4-16-37-25(19-5-9-22(10-6-19)43-30(31,32)33)18-44-29(37)36-27(38)24-14-13-23(41-2)17-26(24)42-3;1-28-22(33)29-11-4-12-31-19(15-5-7-16(8-6-15)36-24(25,26)27)14-37-23(31)30-21(32)18-10-9-17(34-2)13-20(18)35-3/h5-14,17-18H,4,15-16H2,1-3H3,(H2,34,35,39);5-10,13-14H,4,11-12H2,1-3H3,(H2,28,29,33). The van der Waals surface area contributed by atoms with Crippen LogP contribution in [0.4, 0.5) is 41.6 Å². The minimum atomic E-state index is -4.81. The predicted molar refractivity (Wildman–Crippen MR) is 289 cm³/mol. The smallest absolute Gasteiger partial charge is 0.497 e. The molecule has 0 spiro atoms. The number of benzene rings is 5.